The summed E-state index contributed by atoms with van der Waals surface area (Å²) in [5.41, 5.74) is 0. The zero-order chi connectivity index (χ0) is 13.7. The topological polar surface area (TPSA) is 90.1 Å². The maximum absolute atomic E-state index is 11.5. The van der Waals surface area contributed by atoms with Crippen LogP contribution in [-0.2, 0) is 11.3 Å². The molecule has 0 aliphatic heterocycles. The van der Waals surface area contributed by atoms with Gasteiger partial charge in [-0.3, -0.25) is 4.79 Å². The highest BCUT2D eigenvalue weighted by Crippen LogP contribution is 2.20. The van der Waals surface area contributed by atoms with Crippen LogP contribution in [0.4, 0.5) is 5.82 Å². The third kappa shape index (κ3) is 4.33. The van der Waals surface area contributed by atoms with Crippen molar-refractivity contribution in [3.63, 3.8) is 0 Å². The van der Waals surface area contributed by atoms with Crippen molar-refractivity contribution >= 4 is 23.3 Å². The SMILES string of the molecule is CC(C)CCNC(=O)Cn1cc(Cl)c([N+](=O)[O-])n1. The highest BCUT2D eigenvalue weighted by atomic mass is 35.5. The molecule has 0 spiro atoms. The van der Waals surface area contributed by atoms with Crippen LogP contribution in [0, 0.1) is 16.0 Å². The van der Waals surface area contributed by atoms with E-state index in [1.807, 2.05) is 0 Å². The van der Waals surface area contributed by atoms with Crippen LogP contribution < -0.4 is 5.32 Å². The predicted octanol–water partition coefficient (Wildman–Crippen LogP) is 1.61. The van der Waals surface area contributed by atoms with Crippen LogP contribution in [-0.4, -0.2) is 27.2 Å². The van der Waals surface area contributed by atoms with E-state index in [2.05, 4.69) is 24.3 Å². The predicted molar refractivity (Wildman–Crippen MR) is 66.4 cm³/mol. The molecule has 0 aliphatic carbocycles. The standard InChI is InChI=1S/C10H15ClN4O3/c1-7(2)3-4-12-9(16)6-14-5-8(11)10(13-14)15(17)18/h5,7H,3-4,6H2,1-2H3,(H,12,16). The Labute approximate surface area is 109 Å². The summed E-state index contributed by atoms with van der Waals surface area (Å²) in [6.45, 7) is 4.62. The Balaban J connectivity index is 2.49. The number of hydrogen-bond acceptors (Lipinski definition) is 4. The number of rotatable bonds is 6. The average molecular weight is 275 g/mol. The van der Waals surface area contributed by atoms with Gasteiger partial charge >= 0.3 is 5.82 Å². The first-order chi connectivity index (χ1) is 8.40. The molecule has 8 heteroatoms. The van der Waals surface area contributed by atoms with Crippen molar-refractivity contribution in [2.45, 2.75) is 26.8 Å². The zero-order valence-corrected chi connectivity index (χ0v) is 11.0. The molecule has 0 saturated heterocycles. The quantitative estimate of drug-likeness (QED) is 0.630. The van der Waals surface area contributed by atoms with Crippen molar-refractivity contribution in [3.8, 4) is 0 Å². The van der Waals surface area contributed by atoms with E-state index in [-0.39, 0.29) is 17.5 Å². The van der Waals surface area contributed by atoms with E-state index in [1.54, 1.807) is 0 Å². The summed E-state index contributed by atoms with van der Waals surface area (Å²) < 4.78 is 1.16. The van der Waals surface area contributed by atoms with Gasteiger partial charge in [0.1, 0.15) is 6.54 Å². The highest BCUT2D eigenvalue weighted by molar-refractivity contribution is 6.32. The number of nitrogens with one attached hydrogen (secondary N) is 1. The summed E-state index contributed by atoms with van der Waals surface area (Å²) in [7, 11) is 0. The van der Waals surface area contributed by atoms with E-state index >= 15 is 0 Å². The molecular weight excluding hydrogens is 260 g/mol. The summed E-state index contributed by atoms with van der Waals surface area (Å²) in [5.74, 6) is -0.179. The smallest absolute Gasteiger partial charge is 0.358 e. The van der Waals surface area contributed by atoms with Crippen LogP contribution in [0.1, 0.15) is 20.3 Å². The van der Waals surface area contributed by atoms with Gasteiger partial charge in [-0.05, 0) is 17.3 Å². The van der Waals surface area contributed by atoms with Gasteiger partial charge in [0, 0.05) is 6.54 Å². The molecule has 0 radical (unpaired) electrons. The Morgan fingerprint density at radius 1 is 1.67 bits per heavy atom. The lowest BCUT2D eigenvalue weighted by Crippen LogP contribution is -2.29. The average Bonchev–Trinajstić information content (AvgIpc) is 2.58. The number of nitro groups is 1. The van der Waals surface area contributed by atoms with Crippen molar-refractivity contribution < 1.29 is 9.72 Å². The van der Waals surface area contributed by atoms with Crippen molar-refractivity contribution in [3.05, 3.63) is 21.3 Å². The van der Waals surface area contributed by atoms with E-state index in [0.29, 0.717) is 12.5 Å². The van der Waals surface area contributed by atoms with Crippen LogP contribution in [0.15, 0.2) is 6.20 Å². The fraction of sp³-hybridized carbons (Fsp3) is 0.600. The van der Waals surface area contributed by atoms with Crippen molar-refractivity contribution in [2.75, 3.05) is 6.54 Å². The van der Waals surface area contributed by atoms with Gasteiger partial charge in [-0.25, -0.2) is 0 Å². The molecule has 1 aromatic rings. The van der Waals surface area contributed by atoms with Gasteiger partial charge in [0.05, 0.1) is 11.3 Å². The van der Waals surface area contributed by atoms with E-state index in [0.717, 1.165) is 11.1 Å². The zero-order valence-electron chi connectivity index (χ0n) is 10.2. The van der Waals surface area contributed by atoms with Gasteiger partial charge in [0.25, 0.3) is 0 Å². The molecule has 1 N–H and O–H groups in total. The van der Waals surface area contributed by atoms with E-state index < -0.39 is 10.7 Å². The van der Waals surface area contributed by atoms with Gasteiger partial charge in [-0.15, -0.1) is 0 Å². The van der Waals surface area contributed by atoms with Crippen LogP contribution >= 0.6 is 11.6 Å². The number of nitrogens with zero attached hydrogens (tertiary/aromatic N) is 3. The molecule has 1 rings (SSSR count). The second-order valence-corrected chi connectivity index (χ2v) is 4.70. The van der Waals surface area contributed by atoms with E-state index in [9.17, 15) is 14.9 Å². The molecule has 1 heterocycles. The lowest BCUT2D eigenvalue weighted by Gasteiger charge is -2.05. The van der Waals surface area contributed by atoms with Gasteiger partial charge in [0.2, 0.25) is 5.91 Å². The Hall–Kier alpha value is -1.63. The third-order valence-corrected chi connectivity index (χ3v) is 2.49. The summed E-state index contributed by atoms with van der Waals surface area (Å²) >= 11 is 5.61. The van der Waals surface area contributed by atoms with Gasteiger partial charge in [0.15, 0.2) is 5.02 Å². The largest absolute Gasteiger partial charge is 0.408 e. The lowest BCUT2D eigenvalue weighted by molar-refractivity contribution is -0.389. The van der Waals surface area contributed by atoms with Crippen molar-refractivity contribution in [1.82, 2.24) is 15.1 Å². The molecule has 1 amide bonds. The number of carbonyl (C=O) groups is 1. The highest BCUT2D eigenvalue weighted by Gasteiger charge is 2.20. The van der Waals surface area contributed by atoms with Crippen molar-refractivity contribution in [2.24, 2.45) is 5.92 Å². The lowest BCUT2D eigenvalue weighted by atomic mass is 10.1. The van der Waals surface area contributed by atoms with Gasteiger partial charge in [-0.1, -0.05) is 25.4 Å². The fourth-order valence-corrected chi connectivity index (χ4v) is 1.51. The molecule has 0 atom stereocenters. The third-order valence-electron chi connectivity index (χ3n) is 2.22. The minimum Gasteiger partial charge on any atom is -0.358 e. The first-order valence-corrected chi connectivity index (χ1v) is 5.92. The molecule has 0 bridgehead atoms. The molecule has 0 aliphatic rings. The minimum atomic E-state index is -0.685. The maximum Gasteiger partial charge on any atom is 0.408 e. The first kappa shape index (κ1) is 14.4. The van der Waals surface area contributed by atoms with Crippen LogP contribution in [0.3, 0.4) is 0 Å². The van der Waals surface area contributed by atoms with Gasteiger partial charge in [-0.2, -0.15) is 4.68 Å². The van der Waals surface area contributed by atoms with Crippen LogP contribution in [0.2, 0.25) is 5.02 Å². The number of amides is 1. The molecule has 7 nitrogen and oxygen atoms in total. The van der Waals surface area contributed by atoms with E-state index in [1.165, 1.54) is 6.20 Å². The Kier molecular flexibility index (Phi) is 5.08. The van der Waals surface area contributed by atoms with Crippen LogP contribution in [0.5, 0.6) is 0 Å². The Morgan fingerprint density at radius 2 is 2.33 bits per heavy atom. The number of carbonyl (C=O) groups excluding carboxylic acids is 1. The summed E-state index contributed by atoms with van der Waals surface area (Å²) in [6, 6.07) is 0. The maximum atomic E-state index is 11.5. The van der Waals surface area contributed by atoms with Crippen molar-refractivity contribution in [1.29, 1.82) is 0 Å². The summed E-state index contributed by atoms with van der Waals surface area (Å²) in [5, 5.41) is 16.8. The van der Waals surface area contributed by atoms with E-state index in [4.69, 9.17) is 11.6 Å². The fourth-order valence-electron chi connectivity index (χ4n) is 1.29. The second kappa shape index (κ2) is 6.34. The number of hydrogen-bond donors (Lipinski definition) is 1. The van der Waals surface area contributed by atoms with Gasteiger partial charge < -0.3 is 15.4 Å². The molecular formula is C10H15ClN4O3. The summed E-state index contributed by atoms with van der Waals surface area (Å²) in [4.78, 5) is 21.3. The number of halogens is 1. The second-order valence-electron chi connectivity index (χ2n) is 4.29. The minimum absolute atomic E-state index is 0.0741. The first-order valence-electron chi connectivity index (χ1n) is 5.54. The molecule has 0 saturated carbocycles. The summed E-state index contributed by atoms with van der Waals surface area (Å²) in [6.07, 6.45) is 2.15. The Bertz CT molecular complexity index is 444. The molecule has 100 valence electrons. The monoisotopic (exact) mass is 274 g/mol. The molecule has 1 aromatic heterocycles. The normalized spacial score (nSPS) is 10.7. The molecule has 0 aromatic carbocycles. The molecule has 0 unspecified atom stereocenters. The Morgan fingerprint density at radius 3 is 2.83 bits per heavy atom. The van der Waals surface area contributed by atoms with Crippen LogP contribution in [0.25, 0.3) is 0 Å². The molecule has 0 fully saturated rings. The molecule has 18 heavy (non-hydrogen) atoms. The number of aromatic nitrogens is 2.